The minimum absolute atomic E-state index is 0.0666. The van der Waals surface area contributed by atoms with Gasteiger partial charge in [-0.3, -0.25) is 4.79 Å². The molecule has 0 unspecified atom stereocenters. The minimum Gasteiger partial charge on any atom is -0.496 e. The second-order valence-electron chi connectivity index (χ2n) is 4.57. The molecule has 0 radical (unpaired) electrons. The average Bonchev–Trinajstić information content (AvgIpc) is 3.18. The van der Waals surface area contributed by atoms with Gasteiger partial charge in [0, 0.05) is 6.54 Å². The molecule has 1 N–H and O–H groups in total. The van der Waals surface area contributed by atoms with Crippen LogP contribution in [0.4, 0.5) is 13.2 Å². The van der Waals surface area contributed by atoms with Gasteiger partial charge in [-0.1, -0.05) is 0 Å². The maximum atomic E-state index is 12.5. The number of alkyl halides is 3. The van der Waals surface area contributed by atoms with Crippen LogP contribution in [-0.2, 0) is 6.18 Å². The number of nitrogens with one attached hydrogen (secondary N) is 1. The van der Waals surface area contributed by atoms with Crippen LogP contribution in [0.15, 0.2) is 18.2 Å². The van der Waals surface area contributed by atoms with Gasteiger partial charge < -0.3 is 10.1 Å². The summed E-state index contributed by atoms with van der Waals surface area (Å²) in [5.74, 6) is 0.0324. The van der Waals surface area contributed by atoms with Gasteiger partial charge in [-0.25, -0.2) is 0 Å². The van der Waals surface area contributed by atoms with Crippen molar-refractivity contribution in [1.82, 2.24) is 5.32 Å². The Morgan fingerprint density at radius 2 is 2.11 bits per heavy atom. The fourth-order valence-electron chi connectivity index (χ4n) is 1.71. The Labute approximate surface area is 108 Å². The molecule has 2 rings (SSSR count). The lowest BCUT2D eigenvalue weighted by molar-refractivity contribution is -0.137. The number of hydrogen-bond acceptors (Lipinski definition) is 2. The third kappa shape index (κ3) is 3.39. The van der Waals surface area contributed by atoms with Gasteiger partial charge in [0.05, 0.1) is 18.2 Å². The summed E-state index contributed by atoms with van der Waals surface area (Å²) in [5.41, 5.74) is -0.709. The predicted octanol–water partition coefficient (Wildman–Crippen LogP) is 2.85. The largest absolute Gasteiger partial charge is 0.496 e. The first-order valence-electron chi connectivity index (χ1n) is 5.95. The monoisotopic (exact) mass is 273 g/mol. The lowest BCUT2D eigenvalue weighted by Gasteiger charge is -2.12. The second kappa shape index (κ2) is 5.11. The Hall–Kier alpha value is -1.72. The van der Waals surface area contributed by atoms with Crippen LogP contribution in [0.2, 0.25) is 0 Å². The van der Waals surface area contributed by atoms with E-state index in [1.165, 1.54) is 7.11 Å². The predicted molar refractivity (Wildman–Crippen MR) is 63.1 cm³/mol. The molecule has 1 aliphatic carbocycles. The number of rotatable bonds is 4. The van der Waals surface area contributed by atoms with Gasteiger partial charge in [0.15, 0.2) is 0 Å². The molecule has 0 aromatic heterocycles. The van der Waals surface area contributed by atoms with E-state index in [1.807, 2.05) is 0 Å². The van der Waals surface area contributed by atoms with Crippen LogP contribution >= 0.6 is 0 Å². The van der Waals surface area contributed by atoms with Crippen molar-refractivity contribution in [2.75, 3.05) is 13.7 Å². The number of carbonyl (C=O) groups excluding carboxylic acids is 1. The molecule has 1 saturated carbocycles. The molecule has 1 aromatic carbocycles. The van der Waals surface area contributed by atoms with Gasteiger partial charge in [-0.2, -0.15) is 13.2 Å². The van der Waals surface area contributed by atoms with Crippen molar-refractivity contribution in [2.45, 2.75) is 19.0 Å². The van der Waals surface area contributed by atoms with Crippen LogP contribution < -0.4 is 10.1 Å². The number of halogens is 3. The summed E-state index contributed by atoms with van der Waals surface area (Å²) in [7, 11) is 1.24. The average molecular weight is 273 g/mol. The lowest BCUT2D eigenvalue weighted by Crippen LogP contribution is -2.26. The van der Waals surface area contributed by atoms with Crippen LogP contribution in [0.25, 0.3) is 0 Å². The third-order valence-corrected chi connectivity index (χ3v) is 3.02. The summed E-state index contributed by atoms with van der Waals surface area (Å²) < 4.78 is 42.5. The molecule has 1 fully saturated rings. The fourth-order valence-corrected chi connectivity index (χ4v) is 1.71. The normalized spacial score (nSPS) is 15.2. The summed E-state index contributed by atoms with van der Waals surface area (Å²) in [6.07, 6.45) is -2.27. The Morgan fingerprint density at radius 1 is 1.42 bits per heavy atom. The van der Waals surface area contributed by atoms with E-state index >= 15 is 0 Å². The lowest BCUT2D eigenvalue weighted by atomic mass is 10.1. The van der Waals surface area contributed by atoms with Gasteiger partial charge in [0.2, 0.25) is 0 Å². The molecule has 0 saturated heterocycles. The van der Waals surface area contributed by atoms with Crippen molar-refractivity contribution in [3.8, 4) is 5.75 Å². The molecule has 104 valence electrons. The van der Waals surface area contributed by atoms with E-state index in [1.54, 1.807) is 0 Å². The first kappa shape index (κ1) is 13.7. The van der Waals surface area contributed by atoms with Crippen LogP contribution in [0, 0.1) is 5.92 Å². The molecule has 19 heavy (non-hydrogen) atoms. The van der Waals surface area contributed by atoms with Crippen molar-refractivity contribution < 1.29 is 22.7 Å². The Bertz CT molecular complexity index is 481. The zero-order valence-electron chi connectivity index (χ0n) is 10.4. The number of methoxy groups -OCH3 is 1. The smallest absolute Gasteiger partial charge is 0.416 e. The van der Waals surface area contributed by atoms with E-state index in [9.17, 15) is 18.0 Å². The maximum absolute atomic E-state index is 12.5. The molecule has 3 nitrogen and oxygen atoms in total. The van der Waals surface area contributed by atoms with E-state index < -0.39 is 17.6 Å². The number of carbonyl (C=O) groups is 1. The Balaban J connectivity index is 2.17. The summed E-state index contributed by atoms with van der Waals surface area (Å²) in [6.45, 7) is 0.559. The zero-order valence-corrected chi connectivity index (χ0v) is 10.4. The second-order valence-corrected chi connectivity index (χ2v) is 4.57. The molecular weight excluding hydrogens is 259 g/mol. The molecule has 6 heteroatoms. The summed E-state index contributed by atoms with van der Waals surface area (Å²) in [5, 5.41) is 2.69. The first-order chi connectivity index (χ1) is 8.91. The van der Waals surface area contributed by atoms with Crippen LogP contribution in [-0.4, -0.2) is 19.6 Å². The van der Waals surface area contributed by atoms with E-state index in [2.05, 4.69) is 5.32 Å². The highest BCUT2D eigenvalue weighted by Gasteiger charge is 2.32. The molecule has 0 aliphatic heterocycles. The number of ether oxygens (including phenoxy) is 1. The van der Waals surface area contributed by atoms with Crippen molar-refractivity contribution in [3.63, 3.8) is 0 Å². The van der Waals surface area contributed by atoms with Crippen LogP contribution in [0.5, 0.6) is 5.75 Å². The van der Waals surface area contributed by atoms with E-state index in [4.69, 9.17) is 4.74 Å². The van der Waals surface area contributed by atoms with Gasteiger partial charge in [0.25, 0.3) is 5.91 Å². The topological polar surface area (TPSA) is 38.3 Å². The maximum Gasteiger partial charge on any atom is 0.416 e. The molecule has 0 atom stereocenters. The number of hydrogen-bond donors (Lipinski definition) is 1. The Morgan fingerprint density at radius 3 is 2.63 bits per heavy atom. The van der Waals surface area contributed by atoms with Crippen LogP contribution in [0.3, 0.4) is 0 Å². The Kier molecular flexibility index (Phi) is 3.68. The first-order valence-corrected chi connectivity index (χ1v) is 5.95. The highest BCUT2D eigenvalue weighted by Crippen LogP contribution is 2.33. The molecular formula is C13H14F3NO2. The van der Waals surface area contributed by atoms with Crippen LogP contribution in [0.1, 0.15) is 28.8 Å². The van der Waals surface area contributed by atoms with Gasteiger partial charge in [0.1, 0.15) is 5.75 Å². The van der Waals surface area contributed by atoms with Gasteiger partial charge in [-0.15, -0.1) is 0 Å². The molecule has 1 aromatic rings. The SMILES string of the molecule is COc1cc(C(F)(F)F)ccc1C(=O)NCC1CC1. The summed E-state index contributed by atoms with van der Waals surface area (Å²) >= 11 is 0. The summed E-state index contributed by atoms with van der Waals surface area (Å²) in [6, 6.07) is 2.87. The highest BCUT2D eigenvalue weighted by molar-refractivity contribution is 5.97. The molecule has 1 amide bonds. The van der Waals surface area contributed by atoms with Crippen molar-refractivity contribution in [2.24, 2.45) is 5.92 Å². The molecule has 0 spiro atoms. The van der Waals surface area contributed by atoms with Crippen molar-refractivity contribution in [1.29, 1.82) is 0 Å². The van der Waals surface area contributed by atoms with E-state index in [-0.39, 0.29) is 11.3 Å². The van der Waals surface area contributed by atoms with Gasteiger partial charge in [-0.05, 0) is 37.0 Å². The standard InChI is InChI=1S/C13H14F3NO2/c1-19-11-6-9(13(14,15)16)4-5-10(11)12(18)17-7-8-2-3-8/h4-6,8H,2-3,7H2,1H3,(H,17,18). The molecule has 1 aliphatic rings. The third-order valence-electron chi connectivity index (χ3n) is 3.02. The van der Waals surface area contributed by atoms with E-state index in [0.717, 1.165) is 31.0 Å². The minimum atomic E-state index is -4.45. The highest BCUT2D eigenvalue weighted by atomic mass is 19.4. The van der Waals surface area contributed by atoms with Crippen molar-refractivity contribution in [3.05, 3.63) is 29.3 Å². The zero-order chi connectivity index (χ0) is 14.0. The molecule has 0 heterocycles. The summed E-state index contributed by atoms with van der Waals surface area (Å²) in [4.78, 5) is 11.8. The number of amides is 1. The van der Waals surface area contributed by atoms with Gasteiger partial charge >= 0.3 is 6.18 Å². The van der Waals surface area contributed by atoms with E-state index in [0.29, 0.717) is 12.5 Å². The quantitative estimate of drug-likeness (QED) is 0.916. The number of benzene rings is 1. The fraction of sp³-hybridized carbons (Fsp3) is 0.462. The van der Waals surface area contributed by atoms with Crippen molar-refractivity contribution >= 4 is 5.91 Å². The molecule has 0 bridgehead atoms.